The molecule has 1 saturated heterocycles. The number of hydrogen-bond donors (Lipinski definition) is 4. The Labute approximate surface area is 183 Å². The normalized spacial score (nSPS) is 22.1. The van der Waals surface area contributed by atoms with Crippen molar-refractivity contribution in [2.24, 2.45) is 11.6 Å². The molecule has 1 aromatic rings. The quantitative estimate of drug-likeness (QED) is 0.308. The predicted octanol–water partition coefficient (Wildman–Crippen LogP) is 2.11. The van der Waals surface area contributed by atoms with Crippen LogP contribution in [-0.4, -0.2) is 70.5 Å². The molecule has 1 aliphatic heterocycles. The van der Waals surface area contributed by atoms with E-state index in [0.29, 0.717) is 30.8 Å². The summed E-state index contributed by atoms with van der Waals surface area (Å²) in [4.78, 5) is 5.18. The minimum Gasteiger partial charge on any atom is -0.400 e. The maximum atomic E-state index is 9.88. The van der Waals surface area contributed by atoms with Crippen molar-refractivity contribution in [1.29, 1.82) is 0 Å². The fourth-order valence-corrected chi connectivity index (χ4v) is 5.76. The monoisotopic (exact) mass is 442 g/mol. The molecular weight excluding hydrogens is 404 g/mol. The number of nitrogens with two attached hydrogens (primary N) is 2. The molecular formula is C21H38N4O2S2. The van der Waals surface area contributed by atoms with Gasteiger partial charge in [-0.1, -0.05) is 6.92 Å². The van der Waals surface area contributed by atoms with E-state index in [2.05, 4.69) is 24.8 Å². The highest BCUT2D eigenvalue weighted by molar-refractivity contribution is 7.98. The average molecular weight is 443 g/mol. The summed E-state index contributed by atoms with van der Waals surface area (Å²) >= 11 is 3.46. The molecule has 0 bridgehead atoms. The molecule has 1 aliphatic rings. The lowest BCUT2D eigenvalue weighted by molar-refractivity contribution is 0.149. The molecule has 8 heteroatoms. The molecule has 2 rings (SSSR count). The van der Waals surface area contributed by atoms with Gasteiger partial charge in [-0.3, -0.25) is 4.90 Å². The second kappa shape index (κ2) is 12.2. The van der Waals surface area contributed by atoms with Crippen LogP contribution in [0.15, 0.2) is 18.0 Å². The van der Waals surface area contributed by atoms with E-state index >= 15 is 0 Å². The molecule has 29 heavy (non-hydrogen) atoms. The highest BCUT2D eigenvalue weighted by Crippen LogP contribution is 2.37. The van der Waals surface area contributed by atoms with Crippen LogP contribution in [0.2, 0.25) is 0 Å². The van der Waals surface area contributed by atoms with Crippen molar-refractivity contribution >= 4 is 23.1 Å². The Morgan fingerprint density at radius 1 is 1.52 bits per heavy atom. The van der Waals surface area contributed by atoms with Crippen molar-refractivity contribution in [3.63, 3.8) is 0 Å². The Morgan fingerprint density at radius 3 is 2.90 bits per heavy atom. The highest BCUT2D eigenvalue weighted by Gasteiger charge is 2.28. The number of aliphatic hydroxyl groups is 2. The summed E-state index contributed by atoms with van der Waals surface area (Å²) in [6.45, 7) is 6.74. The van der Waals surface area contributed by atoms with Crippen molar-refractivity contribution < 1.29 is 10.2 Å². The van der Waals surface area contributed by atoms with Crippen molar-refractivity contribution in [3.05, 3.63) is 33.3 Å². The largest absolute Gasteiger partial charge is 0.400 e. The van der Waals surface area contributed by atoms with E-state index in [1.165, 1.54) is 20.3 Å². The van der Waals surface area contributed by atoms with Crippen LogP contribution in [0.25, 0.3) is 0 Å². The highest BCUT2D eigenvalue weighted by atomic mass is 32.2. The van der Waals surface area contributed by atoms with Gasteiger partial charge in [0.1, 0.15) is 0 Å². The number of hydrazine groups is 1. The van der Waals surface area contributed by atoms with Crippen LogP contribution in [0.1, 0.15) is 47.9 Å². The van der Waals surface area contributed by atoms with Crippen LogP contribution in [0.3, 0.4) is 0 Å². The van der Waals surface area contributed by atoms with Gasteiger partial charge in [0.05, 0.1) is 12.6 Å². The third kappa shape index (κ3) is 7.45. The maximum absolute atomic E-state index is 9.88. The summed E-state index contributed by atoms with van der Waals surface area (Å²) in [5.74, 6) is 7.19. The molecule has 1 aromatic heterocycles. The Balaban J connectivity index is 1.93. The molecule has 6 nitrogen and oxygen atoms in total. The van der Waals surface area contributed by atoms with Gasteiger partial charge in [0.2, 0.25) is 0 Å². The predicted molar refractivity (Wildman–Crippen MR) is 125 cm³/mol. The van der Waals surface area contributed by atoms with Crippen LogP contribution in [-0.2, 0) is 12.8 Å². The van der Waals surface area contributed by atoms with Gasteiger partial charge in [-0.05, 0) is 56.5 Å². The first-order chi connectivity index (χ1) is 13.9. The van der Waals surface area contributed by atoms with Gasteiger partial charge < -0.3 is 21.0 Å². The van der Waals surface area contributed by atoms with Crippen molar-refractivity contribution in [2.75, 3.05) is 38.2 Å². The van der Waals surface area contributed by atoms with Crippen LogP contribution in [0, 0.1) is 0 Å². The van der Waals surface area contributed by atoms with E-state index in [1.54, 1.807) is 18.0 Å². The summed E-state index contributed by atoms with van der Waals surface area (Å²) in [6, 6.07) is 2.80. The Hall–Kier alpha value is -0.770. The molecule has 1 fully saturated rings. The SMILES string of the molecule is CCc1cc(C2CCN(C/C(N)=C/N(N)CC(O)CSC)C(C)C2)c(CCO)s1. The smallest absolute Gasteiger partial charge is 0.0820 e. The molecule has 0 aromatic carbocycles. The summed E-state index contributed by atoms with van der Waals surface area (Å²) in [5, 5.41) is 20.8. The summed E-state index contributed by atoms with van der Waals surface area (Å²) in [5.41, 5.74) is 8.40. The van der Waals surface area contributed by atoms with Gasteiger partial charge in [0, 0.05) is 53.0 Å². The number of nitrogens with zero attached hydrogens (tertiary/aromatic N) is 2. The first kappa shape index (κ1) is 24.5. The molecule has 0 radical (unpaired) electrons. The minimum absolute atomic E-state index is 0.216. The number of rotatable bonds is 11. The number of hydrogen-bond acceptors (Lipinski definition) is 8. The van der Waals surface area contributed by atoms with Gasteiger partial charge >= 0.3 is 0 Å². The zero-order chi connectivity index (χ0) is 21.4. The molecule has 3 unspecified atom stereocenters. The fraction of sp³-hybridized carbons (Fsp3) is 0.714. The Kier molecular flexibility index (Phi) is 10.3. The van der Waals surface area contributed by atoms with E-state index < -0.39 is 6.10 Å². The van der Waals surface area contributed by atoms with E-state index in [1.807, 2.05) is 17.6 Å². The molecule has 0 spiro atoms. The average Bonchev–Trinajstić information content (AvgIpc) is 3.06. The standard InChI is InChI=1S/C21H38N4O2S2/c1-4-19-10-20(21(29-19)6-8-26)16-5-7-24(15(2)9-16)11-17(22)12-25(23)13-18(27)14-28-3/h10,12,15-16,18,26-27H,4-9,11,13-14,22-23H2,1-3H3/b17-12-. The van der Waals surface area contributed by atoms with E-state index in [4.69, 9.17) is 11.6 Å². The Morgan fingerprint density at radius 2 is 2.28 bits per heavy atom. The van der Waals surface area contributed by atoms with Crippen molar-refractivity contribution in [1.82, 2.24) is 9.91 Å². The first-order valence-corrected chi connectivity index (χ1v) is 12.7. The van der Waals surface area contributed by atoms with Gasteiger partial charge in [-0.15, -0.1) is 11.3 Å². The topological polar surface area (TPSA) is 99.0 Å². The Bertz CT molecular complexity index is 653. The summed E-state index contributed by atoms with van der Waals surface area (Å²) < 4.78 is 0. The third-order valence-electron chi connectivity index (χ3n) is 5.53. The van der Waals surface area contributed by atoms with Crippen molar-refractivity contribution in [3.8, 4) is 0 Å². The van der Waals surface area contributed by atoms with Gasteiger partial charge in [-0.25, -0.2) is 5.84 Å². The van der Waals surface area contributed by atoms with E-state index in [9.17, 15) is 10.2 Å². The lowest BCUT2D eigenvalue weighted by Crippen LogP contribution is -2.43. The van der Waals surface area contributed by atoms with Crippen LogP contribution < -0.4 is 11.6 Å². The van der Waals surface area contributed by atoms with Crippen LogP contribution in [0.5, 0.6) is 0 Å². The van der Waals surface area contributed by atoms with Gasteiger partial charge in [0.15, 0.2) is 0 Å². The first-order valence-electron chi connectivity index (χ1n) is 10.5. The number of thioether (sulfide) groups is 1. The second-order valence-corrected chi connectivity index (χ2v) is 10.1. The number of aryl methyl sites for hydroxylation is 1. The lowest BCUT2D eigenvalue weighted by atomic mass is 9.85. The van der Waals surface area contributed by atoms with E-state index in [-0.39, 0.29) is 6.61 Å². The zero-order valence-electron chi connectivity index (χ0n) is 18.0. The van der Waals surface area contributed by atoms with Gasteiger partial charge in [-0.2, -0.15) is 11.8 Å². The van der Waals surface area contributed by atoms with E-state index in [0.717, 1.165) is 37.9 Å². The molecule has 0 amide bonds. The van der Waals surface area contributed by atoms with Crippen LogP contribution >= 0.6 is 23.1 Å². The fourth-order valence-electron chi connectivity index (χ4n) is 4.08. The summed E-state index contributed by atoms with van der Waals surface area (Å²) in [6.07, 6.45) is 7.28. The molecule has 166 valence electrons. The van der Waals surface area contributed by atoms with Crippen LogP contribution in [0.4, 0.5) is 0 Å². The number of aliphatic hydroxyl groups excluding tert-OH is 2. The zero-order valence-corrected chi connectivity index (χ0v) is 19.6. The second-order valence-electron chi connectivity index (χ2n) is 7.97. The molecule has 0 saturated carbocycles. The molecule has 3 atom stereocenters. The summed E-state index contributed by atoms with van der Waals surface area (Å²) in [7, 11) is 0. The third-order valence-corrected chi connectivity index (χ3v) is 7.60. The minimum atomic E-state index is -0.458. The van der Waals surface area contributed by atoms with Crippen molar-refractivity contribution in [2.45, 2.75) is 57.6 Å². The van der Waals surface area contributed by atoms with Gasteiger partial charge in [0.25, 0.3) is 0 Å². The number of likely N-dealkylation sites (tertiary alicyclic amines) is 1. The molecule has 2 heterocycles. The number of piperidine rings is 1. The lowest BCUT2D eigenvalue weighted by Gasteiger charge is -2.38. The maximum Gasteiger partial charge on any atom is 0.0820 e. The molecule has 0 aliphatic carbocycles. The molecule has 6 N–H and O–H groups in total. The number of thiophene rings is 1.